The average molecular weight is 535 g/mol. The summed E-state index contributed by atoms with van der Waals surface area (Å²) >= 11 is 6.17. The molecule has 4 rings (SSSR count). The van der Waals surface area contributed by atoms with Gasteiger partial charge in [0.15, 0.2) is 0 Å². The second kappa shape index (κ2) is 12.9. The molecule has 1 heterocycles. The van der Waals surface area contributed by atoms with Gasteiger partial charge < -0.3 is 19.3 Å². The van der Waals surface area contributed by atoms with E-state index in [1.807, 2.05) is 78.7 Å². The number of carbonyl (C=O) groups is 2. The Labute approximate surface area is 230 Å². The Morgan fingerprint density at radius 1 is 1.00 bits per heavy atom. The fourth-order valence-corrected chi connectivity index (χ4v) is 5.21. The molecule has 1 fully saturated rings. The van der Waals surface area contributed by atoms with E-state index in [4.69, 9.17) is 21.1 Å². The number of ether oxygens (including phenoxy) is 2. The van der Waals surface area contributed by atoms with Crippen LogP contribution in [0.3, 0.4) is 0 Å². The lowest BCUT2D eigenvalue weighted by molar-refractivity contribution is -0.134. The van der Waals surface area contributed by atoms with E-state index in [0.29, 0.717) is 49.2 Å². The van der Waals surface area contributed by atoms with Crippen LogP contribution in [0, 0.1) is 5.41 Å². The molecule has 0 radical (unpaired) electrons. The Balaban J connectivity index is 1.53. The predicted octanol–water partition coefficient (Wildman–Crippen LogP) is 5.84. The summed E-state index contributed by atoms with van der Waals surface area (Å²) in [5.41, 5.74) is 2.12. The number of rotatable bonds is 10. The molecular weight excluding hydrogens is 500 g/mol. The van der Waals surface area contributed by atoms with Crippen LogP contribution in [0.25, 0.3) is 0 Å². The molecule has 1 saturated heterocycles. The number of piperidine rings is 1. The van der Waals surface area contributed by atoms with E-state index in [9.17, 15) is 9.59 Å². The van der Waals surface area contributed by atoms with Crippen molar-refractivity contribution in [1.82, 2.24) is 9.80 Å². The van der Waals surface area contributed by atoms with Crippen molar-refractivity contribution in [1.29, 1.82) is 0 Å². The van der Waals surface area contributed by atoms with Crippen molar-refractivity contribution in [2.45, 2.75) is 32.4 Å². The SMILES string of the molecule is COCc1cccc(C(=O)N2CCC[C@@](COc3cccc(Cl)c3)(CC(=O)N(C)Cc3ccccc3)C2)c1. The summed E-state index contributed by atoms with van der Waals surface area (Å²) in [6.07, 6.45) is 1.86. The largest absolute Gasteiger partial charge is 0.493 e. The van der Waals surface area contributed by atoms with Gasteiger partial charge >= 0.3 is 0 Å². The van der Waals surface area contributed by atoms with Crippen molar-refractivity contribution >= 4 is 23.4 Å². The molecule has 0 spiro atoms. The van der Waals surface area contributed by atoms with Crippen molar-refractivity contribution in [2.75, 3.05) is 33.9 Å². The van der Waals surface area contributed by atoms with Gasteiger partial charge in [0, 0.05) is 56.2 Å². The topological polar surface area (TPSA) is 59.1 Å². The standard InChI is InChI=1S/C31H35ClN2O4/c1-33(20-24-9-4-3-5-10-24)29(35)19-31(23-38-28-14-7-13-27(32)18-28)15-8-16-34(22-31)30(36)26-12-6-11-25(17-26)21-37-2/h3-7,9-14,17-18H,8,15-16,19-23H2,1-2H3/t31-/m1/s1. The smallest absolute Gasteiger partial charge is 0.253 e. The lowest BCUT2D eigenvalue weighted by atomic mass is 9.77. The molecule has 0 saturated carbocycles. The number of hydrogen-bond donors (Lipinski definition) is 0. The molecule has 1 aliphatic rings. The first-order valence-electron chi connectivity index (χ1n) is 12.9. The van der Waals surface area contributed by atoms with Gasteiger partial charge in [0.05, 0.1) is 13.2 Å². The molecule has 3 aromatic carbocycles. The molecule has 2 amide bonds. The number of hydrogen-bond acceptors (Lipinski definition) is 4. The zero-order valence-electron chi connectivity index (χ0n) is 22.1. The minimum atomic E-state index is -0.525. The normalized spacial score (nSPS) is 17.2. The van der Waals surface area contributed by atoms with E-state index < -0.39 is 5.41 Å². The first-order chi connectivity index (χ1) is 18.4. The van der Waals surface area contributed by atoms with Crippen LogP contribution in [0.1, 0.15) is 40.7 Å². The number of nitrogens with zero attached hydrogens (tertiary/aromatic N) is 2. The van der Waals surface area contributed by atoms with Crippen LogP contribution >= 0.6 is 11.6 Å². The van der Waals surface area contributed by atoms with Crippen molar-refractivity contribution in [3.8, 4) is 5.75 Å². The van der Waals surface area contributed by atoms with Gasteiger partial charge in [0.25, 0.3) is 5.91 Å². The zero-order valence-corrected chi connectivity index (χ0v) is 22.8. The Hall–Kier alpha value is -3.35. The molecular formula is C31H35ClN2O4. The summed E-state index contributed by atoms with van der Waals surface area (Å²) in [6.45, 7) is 2.36. The monoisotopic (exact) mass is 534 g/mol. The van der Waals surface area contributed by atoms with Crippen molar-refractivity contribution in [3.05, 3.63) is 101 Å². The molecule has 1 atom stereocenters. The van der Waals surface area contributed by atoms with Gasteiger partial charge in [-0.25, -0.2) is 0 Å². The summed E-state index contributed by atoms with van der Waals surface area (Å²) in [5, 5.41) is 0.589. The minimum absolute atomic E-state index is 0.0277. The van der Waals surface area contributed by atoms with Gasteiger partial charge in [0.2, 0.25) is 5.91 Å². The van der Waals surface area contributed by atoms with Crippen molar-refractivity contribution in [3.63, 3.8) is 0 Å². The second-order valence-corrected chi connectivity index (χ2v) is 10.6. The first-order valence-corrected chi connectivity index (χ1v) is 13.3. The highest BCUT2D eigenvalue weighted by atomic mass is 35.5. The van der Waals surface area contributed by atoms with Crippen LogP contribution < -0.4 is 4.74 Å². The van der Waals surface area contributed by atoms with Crippen LogP contribution in [-0.2, 0) is 22.7 Å². The fourth-order valence-electron chi connectivity index (χ4n) is 5.03. The third-order valence-electron chi connectivity index (χ3n) is 6.99. The maximum atomic E-state index is 13.6. The summed E-state index contributed by atoms with van der Waals surface area (Å²) < 4.78 is 11.4. The molecule has 3 aromatic rings. The summed E-state index contributed by atoms with van der Waals surface area (Å²) in [7, 11) is 3.47. The molecule has 0 N–H and O–H groups in total. The average Bonchev–Trinajstić information content (AvgIpc) is 2.93. The lowest BCUT2D eigenvalue weighted by Crippen LogP contribution is -2.50. The summed E-state index contributed by atoms with van der Waals surface area (Å²) in [4.78, 5) is 30.7. The van der Waals surface area contributed by atoms with Crippen LogP contribution in [0.2, 0.25) is 5.02 Å². The third kappa shape index (κ3) is 7.36. The highest BCUT2D eigenvalue weighted by molar-refractivity contribution is 6.30. The Kier molecular flexibility index (Phi) is 9.43. The van der Waals surface area contributed by atoms with Gasteiger partial charge in [-0.2, -0.15) is 0 Å². The minimum Gasteiger partial charge on any atom is -0.493 e. The zero-order chi connectivity index (χ0) is 27.0. The Bertz CT molecular complexity index is 1240. The highest BCUT2D eigenvalue weighted by Crippen LogP contribution is 2.36. The van der Waals surface area contributed by atoms with Crippen LogP contribution in [-0.4, -0.2) is 55.5 Å². The van der Waals surface area contributed by atoms with Crippen molar-refractivity contribution < 1.29 is 19.1 Å². The van der Waals surface area contributed by atoms with Crippen molar-refractivity contribution in [2.24, 2.45) is 5.41 Å². The maximum absolute atomic E-state index is 13.6. The molecule has 0 aliphatic carbocycles. The Morgan fingerprint density at radius 2 is 1.76 bits per heavy atom. The number of methoxy groups -OCH3 is 1. The summed E-state index contributed by atoms with van der Waals surface area (Å²) in [6, 6.07) is 24.7. The molecule has 0 unspecified atom stereocenters. The van der Waals surface area contributed by atoms with E-state index in [1.165, 1.54) is 0 Å². The molecule has 1 aliphatic heterocycles. The van der Waals surface area contributed by atoms with Gasteiger partial charge in [-0.3, -0.25) is 9.59 Å². The quantitative estimate of drug-likeness (QED) is 0.328. The predicted molar refractivity (Wildman–Crippen MR) is 149 cm³/mol. The summed E-state index contributed by atoms with van der Waals surface area (Å²) in [5.74, 6) is 0.637. The highest BCUT2D eigenvalue weighted by Gasteiger charge is 2.40. The Morgan fingerprint density at radius 3 is 2.53 bits per heavy atom. The molecule has 38 heavy (non-hydrogen) atoms. The number of halogens is 1. The molecule has 6 nitrogen and oxygen atoms in total. The van der Waals surface area contributed by atoms with Gasteiger partial charge in [-0.1, -0.05) is 60.1 Å². The maximum Gasteiger partial charge on any atom is 0.253 e. The van der Waals surface area contributed by atoms with E-state index in [2.05, 4.69) is 0 Å². The molecule has 0 bridgehead atoms. The fraction of sp³-hybridized carbons (Fsp3) is 0.355. The molecule has 7 heteroatoms. The van der Waals surface area contributed by atoms with E-state index in [-0.39, 0.29) is 18.2 Å². The van der Waals surface area contributed by atoms with Gasteiger partial charge in [-0.15, -0.1) is 0 Å². The van der Waals surface area contributed by atoms with Crippen LogP contribution in [0.15, 0.2) is 78.9 Å². The first kappa shape index (κ1) is 27.7. The van der Waals surface area contributed by atoms with Gasteiger partial charge in [0.1, 0.15) is 5.75 Å². The number of benzene rings is 3. The third-order valence-corrected chi connectivity index (χ3v) is 7.22. The van der Waals surface area contributed by atoms with Crippen LogP contribution in [0.5, 0.6) is 5.75 Å². The van der Waals surface area contributed by atoms with E-state index in [1.54, 1.807) is 24.1 Å². The number of likely N-dealkylation sites (tertiary alicyclic amines) is 1. The van der Waals surface area contributed by atoms with E-state index >= 15 is 0 Å². The van der Waals surface area contributed by atoms with E-state index in [0.717, 1.165) is 24.0 Å². The second-order valence-electron chi connectivity index (χ2n) is 10.1. The van der Waals surface area contributed by atoms with Gasteiger partial charge in [-0.05, 0) is 54.3 Å². The number of amides is 2. The number of carbonyl (C=O) groups excluding carboxylic acids is 2. The molecule has 0 aromatic heterocycles. The molecule has 200 valence electrons. The van der Waals surface area contributed by atoms with Crippen LogP contribution in [0.4, 0.5) is 0 Å². The lowest BCUT2D eigenvalue weighted by Gasteiger charge is -2.43.